The van der Waals surface area contributed by atoms with Crippen LogP contribution < -0.4 is 5.32 Å². The van der Waals surface area contributed by atoms with Crippen molar-refractivity contribution in [2.75, 3.05) is 13.1 Å². The van der Waals surface area contributed by atoms with Gasteiger partial charge in [-0.2, -0.15) is 0 Å². The van der Waals surface area contributed by atoms with E-state index in [1.54, 1.807) is 0 Å². The maximum Gasteiger partial charge on any atom is 0.169 e. The van der Waals surface area contributed by atoms with E-state index in [0.29, 0.717) is 0 Å². The third-order valence-corrected chi connectivity index (χ3v) is 4.44. The zero-order chi connectivity index (χ0) is 14.8. The van der Waals surface area contributed by atoms with Crippen LogP contribution in [0.4, 0.5) is 0 Å². The van der Waals surface area contributed by atoms with E-state index in [4.69, 9.17) is 23.8 Å². The average molecular weight is 320 g/mol. The molecule has 1 aliphatic heterocycles. The predicted molar refractivity (Wildman–Crippen MR) is 90.7 cm³/mol. The van der Waals surface area contributed by atoms with Crippen LogP contribution in [0, 0.1) is 0 Å². The first-order valence-electron chi connectivity index (χ1n) is 7.15. The van der Waals surface area contributed by atoms with Crippen molar-refractivity contribution in [3.8, 4) is 0 Å². The van der Waals surface area contributed by atoms with Crippen LogP contribution >= 0.6 is 23.8 Å². The summed E-state index contributed by atoms with van der Waals surface area (Å²) in [7, 11) is 0. The summed E-state index contributed by atoms with van der Waals surface area (Å²) < 4.78 is 2.30. The topological polar surface area (TPSA) is 20.2 Å². The third kappa shape index (κ3) is 2.78. The molecular formula is C16H18ClN3S. The Kier molecular flexibility index (Phi) is 4.17. The van der Waals surface area contributed by atoms with Crippen molar-refractivity contribution in [1.82, 2.24) is 14.8 Å². The van der Waals surface area contributed by atoms with Gasteiger partial charge in [-0.1, -0.05) is 23.7 Å². The summed E-state index contributed by atoms with van der Waals surface area (Å²) in [6, 6.07) is 12.4. The number of rotatable bonds is 2. The molecule has 21 heavy (non-hydrogen) atoms. The lowest BCUT2D eigenvalue weighted by Crippen LogP contribution is -2.47. The van der Waals surface area contributed by atoms with Gasteiger partial charge in [-0.15, -0.1) is 0 Å². The molecule has 0 aliphatic carbocycles. The highest BCUT2D eigenvalue weighted by Crippen LogP contribution is 2.32. The van der Waals surface area contributed by atoms with Crippen molar-refractivity contribution in [2.45, 2.75) is 19.5 Å². The van der Waals surface area contributed by atoms with Gasteiger partial charge in [0.05, 0.1) is 6.04 Å². The molecule has 1 aromatic heterocycles. The maximum atomic E-state index is 6.02. The maximum absolute atomic E-state index is 6.02. The van der Waals surface area contributed by atoms with Crippen LogP contribution in [-0.2, 0) is 6.54 Å². The Labute approximate surface area is 135 Å². The van der Waals surface area contributed by atoms with Crippen molar-refractivity contribution >= 4 is 28.9 Å². The van der Waals surface area contributed by atoms with E-state index >= 15 is 0 Å². The van der Waals surface area contributed by atoms with Gasteiger partial charge < -0.3 is 14.8 Å². The summed E-state index contributed by atoms with van der Waals surface area (Å²) in [6.45, 7) is 4.76. The Hall–Kier alpha value is -1.52. The highest BCUT2D eigenvalue weighted by Gasteiger charge is 2.30. The minimum absolute atomic E-state index is 0.137. The Balaban J connectivity index is 2.01. The van der Waals surface area contributed by atoms with E-state index in [1.807, 2.05) is 12.1 Å². The molecular weight excluding hydrogens is 302 g/mol. The third-order valence-electron chi connectivity index (χ3n) is 3.81. The van der Waals surface area contributed by atoms with E-state index < -0.39 is 0 Å². The molecule has 5 heteroatoms. The molecule has 1 N–H and O–H groups in total. The standard InChI is InChI=1S/C16H18ClN3S/c1-2-18-16(21)20-11-10-19-9-3-4-14(19)15(20)12-5-7-13(17)8-6-12/h3-9,15H,2,10-11H2,1H3,(H,18,21)/t15-/m0/s1. The molecule has 0 fully saturated rings. The summed E-state index contributed by atoms with van der Waals surface area (Å²) >= 11 is 11.6. The molecule has 0 amide bonds. The predicted octanol–water partition coefficient (Wildman–Crippen LogP) is 3.44. The van der Waals surface area contributed by atoms with Gasteiger partial charge in [0.25, 0.3) is 0 Å². The van der Waals surface area contributed by atoms with Crippen LogP contribution in [0.25, 0.3) is 0 Å². The van der Waals surface area contributed by atoms with E-state index in [-0.39, 0.29) is 6.04 Å². The molecule has 0 saturated carbocycles. The second-order valence-corrected chi connectivity index (χ2v) is 5.93. The van der Waals surface area contributed by atoms with Crippen LogP contribution in [-0.4, -0.2) is 27.7 Å². The zero-order valence-electron chi connectivity index (χ0n) is 11.9. The Morgan fingerprint density at radius 1 is 1.29 bits per heavy atom. The van der Waals surface area contributed by atoms with Gasteiger partial charge in [-0.3, -0.25) is 0 Å². The molecule has 0 saturated heterocycles. The van der Waals surface area contributed by atoms with Crippen molar-refractivity contribution in [3.05, 3.63) is 58.9 Å². The van der Waals surface area contributed by atoms with Gasteiger partial charge in [-0.25, -0.2) is 0 Å². The number of hydrogen-bond acceptors (Lipinski definition) is 1. The monoisotopic (exact) mass is 319 g/mol. The van der Waals surface area contributed by atoms with Crippen molar-refractivity contribution in [3.63, 3.8) is 0 Å². The molecule has 1 aliphatic rings. The molecule has 110 valence electrons. The van der Waals surface area contributed by atoms with E-state index in [9.17, 15) is 0 Å². The van der Waals surface area contributed by atoms with Crippen molar-refractivity contribution in [2.24, 2.45) is 0 Å². The van der Waals surface area contributed by atoms with Gasteiger partial charge in [0.1, 0.15) is 0 Å². The molecule has 3 rings (SSSR count). The van der Waals surface area contributed by atoms with Gasteiger partial charge in [0, 0.05) is 36.5 Å². The summed E-state index contributed by atoms with van der Waals surface area (Å²) in [6.07, 6.45) is 2.13. The van der Waals surface area contributed by atoms with Crippen LogP contribution in [0.3, 0.4) is 0 Å². The normalized spacial score (nSPS) is 17.4. The van der Waals surface area contributed by atoms with Gasteiger partial charge in [0.15, 0.2) is 5.11 Å². The fraction of sp³-hybridized carbons (Fsp3) is 0.312. The second-order valence-electron chi connectivity index (χ2n) is 5.11. The molecule has 2 aromatic rings. The van der Waals surface area contributed by atoms with Gasteiger partial charge >= 0.3 is 0 Å². The lowest BCUT2D eigenvalue weighted by atomic mass is 10.0. The van der Waals surface area contributed by atoms with E-state index in [2.05, 4.69) is 52.2 Å². The minimum Gasteiger partial charge on any atom is -0.363 e. The second kappa shape index (κ2) is 6.08. The SMILES string of the molecule is CCNC(=S)N1CCn2cccc2[C@@H]1c1ccc(Cl)cc1. The molecule has 0 bridgehead atoms. The van der Waals surface area contributed by atoms with Crippen LogP contribution in [0.5, 0.6) is 0 Å². The number of thiocarbonyl (C=S) groups is 1. The first-order chi connectivity index (χ1) is 10.2. The number of aromatic nitrogens is 1. The number of nitrogens with zero attached hydrogens (tertiary/aromatic N) is 2. The fourth-order valence-electron chi connectivity index (χ4n) is 2.85. The Morgan fingerprint density at radius 3 is 2.76 bits per heavy atom. The number of nitrogens with one attached hydrogen (secondary N) is 1. The van der Waals surface area contributed by atoms with Gasteiger partial charge in [-0.05, 0) is 49.0 Å². The number of benzene rings is 1. The average Bonchev–Trinajstić information content (AvgIpc) is 2.96. The lowest BCUT2D eigenvalue weighted by molar-refractivity contribution is 0.286. The van der Waals surface area contributed by atoms with Crippen LogP contribution in [0.2, 0.25) is 5.02 Å². The quantitative estimate of drug-likeness (QED) is 0.856. The first kappa shape index (κ1) is 14.4. The summed E-state index contributed by atoms with van der Waals surface area (Å²) in [5, 5.41) is 4.84. The lowest BCUT2D eigenvalue weighted by Gasteiger charge is -2.39. The number of hydrogen-bond donors (Lipinski definition) is 1. The molecule has 1 aromatic carbocycles. The summed E-state index contributed by atoms with van der Waals surface area (Å²) in [5.74, 6) is 0. The molecule has 0 radical (unpaired) electrons. The number of halogens is 1. The largest absolute Gasteiger partial charge is 0.363 e. The first-order valence-corrected chi connectivity index (χ1v) is 7.94. The molecule has 0 spiro atoms. The fourth-order valence-corrected chi connectivity index (χ4v) is 3.32. The highest BCUT2D eigenvalue weighted by atomic mass is 35.5. The highest BCUT2D eigenvalue weighted by molar-refractivity contribution is 7.80. The summed E-state index contributed by atoms with van der Waals surface area (Å²) in [5.41, 5.74) is 2.48. The van der Waals surface area contributed by atoms with Crippen LogP contribution in [0.15, 0.2) is 42.6 Å². The zero-order valence-corrected chi connectivity index (χ0v) is 13.5. The summed E-state index contributed by atoms with van der Waals surface area (Å²) in [4.78, 5) is 2.26. The van der Waals surface area contributed by atoms with E-state index in [0.717, 1.165) is 29.8 Å². The van der Waals surface area contributed by atoms with E-state index in [1.165, 1.54) is 11.3 Å². The van der Waals surface area contributed by atoms with Crippen molar-refractivity contribution in [1.29, 1.82) is 0 Å². The Morgan fingerprint density at radius 2 is 2.05 bits per heavy atom. The minimum atomic E-state index is 0.137. The number of fused-ring (bicyclic) bond motifs is 1. The van der Waals surface area contributed by atoms with Gasteiger partial charge in [0.2, 0.25) is 0 Å². The van der Waals surface area contributed by atoms with Crippen LogP contribution in [0.1, 0.15) is 24.2 Å². The molecule has 3 nitrogen and oxygen atoms in total. The smallest absolute Gasteiger partial charge is 0.169 e. The molecule has 2 heterocycles. The molecule has 1 atom stereocenters. The Bertz CT molecular complexity index is 635. The van der Waals surface area contributed by atoms with Crippen molar-refractivity contribution < 1.29 is 0 Å². The molecule has 0 unspecified atom stereocenters.